The molecule has 0 bridgehead atoms. The number of amides is 1. The molecule has 0 radical (unpaired) electrons. The molecule has 5 nitrogen and oxygen atoms in total. The Kier molecular flexibility index (Phi) is 6.93. The van der Waals surface area contributed by atoms with Crippen LogP contribution in [0.25, 0.3) is 0 Å². The number of hydrogen-bond acceptors (Lipinski definition) is 4. The van der Waals surface area contributed by atoms with Gasteiger partial charge < -0.3 is 15.0 Å². The molecule has 1 heterocycles. The number of anilines is 2. The van der Waals surface area contributed by atoms with Gasteiger partial charge in [0, 0.05) is 42.6 Å². The summed E-state index contributed by atoms with van der Waals surface area (Å²) in [5, 5.41) is 3.43. The lowest BCUT2D eigenvalue weighted by molar-refractivity contribution is -0.117. The summed E-state index contributed by atoms with van der Waals surface area (Å²) in [4.78, 5) is 16.5. The third kappa shape index (κ3) is 5.70. The number of hydrogen-bond donors (Lipinski definition) is 1. The van der Waals surface area contributed by atoms with E-state index in [4.69, 9.17) is 23.2 Å². The van der Waals surface area contributed by atoms with Gasteiger partial charge in [0.25, 0.3) is 0 Å². The average molecular weight is 430 g/mol. The molecule has 0 aromatic heterocycles. The van der Waals surface area contributed by atoms with Crippen molar-refractivity contribution >= 4 is 40.5 Å². The number of carbonyl (C=O) groups is 1. The number of alkyl halides is 2. The number of benzene rings is 2. The van der Waals surface area contributed by atoms with Crippen molar-refractivity contribution < 1.29 is 18.3 Å². The lowest BCUT2D eigenvalue weighted by atomic mass is 10.2. The molecule has 0 atom stereocenters. The van der Waals surface area contributed by atoms with Gasteiger partial charge in [0.05, 0.1) is 11.6 Å². The fourth-order valence-electron chi connectivity index (χ4n) is 3.01. The lowest BCUT2D eigenvalue weighted by Crippen LogP contribution is -2.48. The van der Waals surface area contributed by atoms with Crippen LogP contribution < -0.4 is 15.0 Å². The minimum atomic E-state index is -2.96. The SMILES string of the molecule is O=C(CN1CCN(c2cccc(Cl)c2)CC1)Nc1ccc(OC(F)F)c(Cl)c1. The Morgan fingerprint density at radius 2 is 1.86 bits per heavy atom. The predicted molar refractivity (Wildman–Crippen MR) is 107 cm³/mol. The molecule has 0 unspecified atom stereocenters. The summed E-state index contributed by atoms with van der Waals surface area (Å²) < 4.78 is 28.8. The van der Waals surface area contributed by atoms with Crippen molar-refractivity contribution in [1.82, 2.24) is 4.90 Å². The minimum absolute atomic E-state index is 0.00763. The Labute approximate surface area is 171 Å². The van der Waals surface area contributed by atoms with Gasteiger partial charge in [-0.3, -0.25) is 9.69 Å². The highest BCUT2D eigenvalue weighted by molar-refractivity contribution is 6.32. The van der Waals surface area contributed by atoms with Crippen LogP contribution in [0.2, 0.25) is 10.0 Å². The van der Waals surface area contributed by atoms with Crippen molar-refractivity contribution in [2.45, 2.75) is 6.61 Å². The van der Waals surface area contributed by atoms with Crippen molar-refractivity contribution in [2.75, 3.05) is 42.9 Å². The number of nitrogens with zero attached hydrogens (tertiary/aromatic N) is 2. The number of rotatable bonds is 6. The molecule has 0 saturated carbocycles. The van der Waals surface area contributed by atoms with E-state index in [2.05, 4.69) is 15.0 Å². The van der Waals surface area contributed by atoms with Crippen LogP contribution in [0.1, 0.15) is 0 Å². The molecule has 9 heteroatoms. The molecule has 0 spiro atoms. The standard InChI is InChI=1S/C19H19Cl2F2N3O2/c20-13-2-1-3-15(10-13)26-8-6-25(7-9-26)12-18(27)24-14-4-5-17(16(21)11-14)28-19(22)23/h1-5,10-11,19H,6-9,12H2,(H,24,27). The zero-order valence-electron chi connectivity index (χ0n) is 14.9. The topological polar surface area (TPSA) is 44.8 Å². The molecule has 1 aliphatic rings. The molecule has 3 rings (SSSR count). The van der Waals surface area contributed by atoms with Gasteiger partial charge in [-0.15, -0.1) is 0 Å². The first-order valence-corrected chi connectivity index (χ1v) is 9.43. The van der Waals surface area contributed by atoms with Crippen LogP contribution in [-0.4, -0.2) is 50.1 Å². The van der Waals surface area contributed by atoms with E-state index in [1.54, 1.807) is 0 Å². The van der Waals surface area contributed by atoms with Crippen molar-refractivity contribution in [1.29, 1.82) is 0 Å². The Balaban J connectivity index is 1.49. The van der Waals surface area contributed by atoms with E-state index in [9.17, 15) is 13.6 Å². The third-order valence-corrected chi connectivity index (χ3v) is 4.88. The second kappa shape index (κ2) is 9.41. The van der Waals surface area contributed by atoms with Crippen molar-refractivity contribution in [2.24, 2.45) is 0 Å². The van der Waals surface area contributed by atoms with Gasteiger partial charge in [0.2, 0.25) is 5.91 Å². The summed E-state index contributed by atoms with van der Waals surface area (Å²) in [5.41, 5.74) is 1.49. The molecule has 2 aromatic rings. The maximum Gasteiger partial charge on any atom is 0.387 e. The first-order valence-electron chi connectivity index (χ1n) is 8.68. The monoisotopic (exact) mass is 429 g/mol. The van der Waals surface area contributed by atoms with E-state index in [1.165, 1.54) is 18.2 Å². The molecule has 1 saturated heterocycles. The van der Waals surface area contributed by atoms with Crippen molar-refractivity contribution in [3.05, 3.63) is 52.5 Å². The van der Waals surface area contributed by atoms with E-state index < -0.39 is 6.61 Å². The number of nitrogens with one attached hydrogen (secondary N) is 1. The Bertz CT molecular complexity index is 831. The summed E-state index contributed by atoms with van der Waals surface area (Å²) >= 11 is 11.9. The molecule has 150 valence electrons. The van der Waals surface area contributed by atoms with Crippen LogP contribution in [0.4, 0.5) is 20.2 Å². The van der Waals surface area contributed by atoms with Gasteiger partial charge in [0.1, 0.15) is 5.75 Å². The molecule has 1 fully saturated rings. The summed E-state index contributed by atoms with van der Waals surface area (Å²) in [6.45, 7) is 0.335. The maximum absolute atomic E-state index is 12.3. The fraction of sp³-hybridized carbons (Fsp3) is 0.316. The second-order valence-corrected chi connectivity index (χ2v) is 7.16. The van der Waals surface area contributed by atoms with Crippen LogP contribution in [0.3, 0.4) is 0 Å². The number of piperazine rings is 1. The average Bonchev–Trinajstić information content (AvgIpc) is 2.64. The quantitative estimate of drug-likeness (QED) is 0.740. The zero-order chi connectivity index (χ0) is 20.1. The highest BCUT2D eigenvalue weighted by Gasteiger charge is 2.19. The van der Waals surface area contributed by atoms with Gasteiger partial charge in [0.15, 0.2) is 0 Å². The molecule has 1 amide bonds. The van der Waals surface area contributed by atoms with E-state index in [0.717, 1.165) is 31.9 Å². The predicted octanol–water partition coefficient (Wildman–Crippen LogP) is 4.36. The number of carbonyl (C=O) groups excluding carboxylic acids is 1. The van der Waals surface area contributed by atoms with Gasteiger partial charge in [-0.1, -0.05) is 29.3 Å². The van der Waals surface area contributed by atoms with Crippen LogP contribution in [-0.2, 0) is 4.79 Å². The van der Waals surface area contributed by atoms with Crippen LogP contribution in [0.5, 0.6) is 5.75 Å². The maximum atomic E-state index is 12.3. The van der Waals surface area contributed by atoms with E-state index >= 15 is 0 Å². The van der Waals surface area contributed by atoms with Gasteiger partial charge in [-0.2, -0.15) is 8.78 Å². The Morgan fingerprint density at radius 3 is 2.50 bits per heavy atom. The normalized spacial score (nSPS) is 15.0. The summed E-state index contributed by atoms with van der Waals surface area (Å²) in [7, 11) is 0. The fourth-order valence-corrected chi connectivity index (χ4v) is 3.42. The smallest absolute Gasteiger partial charge is 0.387 e. The Hall–Kier alpha value is -2.09. The highest BCUT2D eigenvalue weighted by Crippen LogP contribution is 2.29. The van der Waals surface area contributed by atoms with Crippen molar-refractivity contribution in [3.8, 4) is 5.75 Å². The third-order valence-electron chi connectivity index (χ3n) is 4.34. The van der Waals surface area contributed by atoms with Crippen LogP contribution >= 0.6 is 23.2 Å². The van der Waals surface area contributed by atoms with Crippen molar-refractivity contribution in [3.63, 3.8) is 0 Å². The van der Waals surface area contributed by atoms with E-state index in [0.29, 0.717) is 10.7 Å². The molecule has 2 aromatic carbocycles. The molecule has 0 aliphatic carbocycles. The molecular formula is C19H19Cl2F2N3O2. The molecule has 28 heavy (non-hydrogen) atoms. The molecule has 1 N–H and O–H groups in total. The lowest BCUT2D eigenvalue weighted by Gasteiger charge is -2.35. The summed E-state index contributed by atoms with van der Waals surface area (Å²) in [6, 6.07) is 11.8. The van der Waals surface area contributed by atoms with Crippen LogP contribution in [0, 0.1) is 0 Å². The second-order valence-electron chi connectivity index (χ2n) is 6.31. The van der Waals surface area contributed by atoms with Gasteiger partial charge in [-0.25, -0.2) is 0 Å². The summed E-state index contributed by atoms with van der Waals surface area (Å²) in [5.74, 6) is -0.332. The largest absolute Gasteiger partial charge is 0.433 e. The highest BCUT2D eigenvalue weighted by atomic mass is 35.5. The van der Waals surface area contributed by atoms with E-state index in [-0.39, 0.29) is 23.2 Å². The Morgan fingerprint density at radius 1 is 1.11 bits per heavy atom. The number of halogens is 4. The summed E-state index contributed by atoms with van der Waals surface area (Å²) in [6.07, 6.45) is 0. The number of ether oxygens (including phenoxy) is 1. The zero-order valence-corrected chi connectivity index (χ0v) is 16.4. The van der Waals surface area contributed by atoms with Crippen LogP contribution in [0.15, 0.2) is 42.5 Å². The molecule has 1 aliphatic heterocycles. The first-order chi connectivity index (χ1) is 13.4. The van der Waals surface area contributed by atoms with Gasteiger partial charge >= 0.3 is 6.61 Å². The first kappa shape index (κ1) is 20.6. The van der Waals surface area contributed by atoms with Gasteiger partial charge in [-0.05, 0) is 36.4 Å². The molecular weight excluding hydrogens is 411 g/mol. The minimum Gasteiger partial charge on any atom is -0.433 e. The van der Waals surface area contributed by atoms with E-state index in [1.807, 2.05) is 29.2 Å².